The van der Waals surface area contributed by atoms with Gasteiger partial charge in [0.05, 0.1) is 0 Å². The molecule has 0 aromatic heterocycles. The monoisotopic (exact) mass is 231 g/mol. The maximum absolute atomic E-state index is 3.68. The van der Waals surface area contributed by atoms with E-state index >= 15 is 0 Å². The van der Waals surface area contributed by atoms with Crippen LogP contribution in [0.5, 0.6) is 0 Å². The molecule has 0 spiro atoms. The molecule has 1 N–H and O–H groups in total. The SMILES string of the molecule is CCCC(CNC1CC1)Cc1cccc(C)c1. The number of aryl methyl sites for hydroxylation is 1. The van der Waals surface area contributed by atoms with E-state index in [4.69, 9.17) is 0 Å². The summed E-state index contributed by atoms with van der Waals surface area (Å²) in [4.78, 5) is 0. The topological polar surface area (TPSA) is 12.0 Å². The van der Waals surface area contributed by atoms with Crippen LogP contribution in [0, 0.1) is 12.8 Å². The predicted octanol–water partition coefficient (Wildman–Crippen LogP) is 3.71. The average molecular weight is 231 g/mol. The zero-order chi connectivity index (χ0) is 12.1. The molecule has 1 nitrogen and oxygen atoms in total. The molecule has 1 unspecified atom stereocenters. The number of hydrogen-bond donors (Lipinski definition) is 1. The lowest BCUT2D eigenvalue weighted by molar-refractivity contribution is 0.437. The summed E-state index contributed by atoms with van der Waals surface area (Å²) in [7, 11) is 0. The minimum atomic E-state index is 0.808. The third-order valence-electron chi connectivity index (χ3n) is 3.58. The summed E-state index contributed by atoms with van der Waals surface area (Å²) in [6.07, 6.45) is 6.65. The first-order valence-corrected chi connectivity index (χ1v) is 7.07. The van der Waals surface area contributed by atoms with E-state index < -0.39 is 0 Å². The molecule has 1 heteroatoms. The van der Waals surface area contributed by atoms with Crippen LogP contribution in [0.15, 0.2) is 24.3 Å². The van der Waals surface area contributed by atoms with Gasteiger partial charge in [-0.05, 0) is 50.6 Å². The smallest absolute Gasteiger partial charge is 0.00683 e. The first-order valence-electron chi connectivity index (χ1n) is 7.07. The molecule has 0 aliphatic heterocycles. The second-order valence-corrected chi connectivity index (χ2v) is 5.53. The number of benzene rings is 1. The highest BCUT2D eigenvalue weighted by atomic mass is 14.9. The van der Waals surface area contributed by atoms with Crippen LogP contribution in [-0.4, -0.2) is 12.6 Å². The van der Waals surface area contributed by atoms with Crippen LogP contribution in [0.4, 0.5) is 0 Å². The lowest BCUT2D eigenvalue weighted by Gasteiger charge is -2.17. The van der Waals surface area contributed by atoms with Crippen molar-refractivity contribution in [3.05, 3.63) is 35.4 Å². The summed E-state index contributed by atoms with van der Waals surface area (Å²) in [5, 5.41) is 3.68. The zero-order valence-electron chi connectivity index (χ0n) is 11.2. The fraction of sp³-hybridized carbons (Fsp3) is 0.625. The van der Waals surface area contributed by atoms with Crippen molar-refractivity contribution >= 4 is 0 Å². The van der Waals surface area contributed by atoms with Crippen molar-refractivity contribution in [2.75, 3.05) is 6.54 Å². The second-order valence-electron chi connectivity index (χ2n) is 5.53. The highest BCUT2D eigenvalue weighted by Crippen LogP contribution is 2.21. The molecule has 1 aromatic rings. The highest BCUT2D eigenvalue weighted by molar-refractivity contribution is 5.22. The maximum Gasteiger partial charge on any atom is 0.00683 e. The molecule has 1 saturated carbocycles. The lowest BCUT2D eigenvalue weighted by atomic mass is 9.94. The van der Waals surface area contributed by atoms with E-state index in [1.54, 1.807) is 0 Å². The molecule has 17 heavy (non-hydrogen) atoms. The summed E-state index contributed by atoms with van der Waals surface area (Å²) in [5.41, 5.74) is 2.88. The molecule has 1 fully saturated rings. The molecule has 2 rings (SSSR count). The Hall–Kier alpha value is -0.820. The largest absolute Gasteiger partial charge is 0.314 e. The van der Waals surface area contributed by atoms with Gasteiger partial charge in [0.2, 0.25) is 0 Å². The van der Waals surface area contributed by atoms with Crippen molar-refractivity contribution in [3.8, 4) is 0 Å². The van der Waals surface area contributed by atoms with Crippen LogP contribution in [0.2, 0.25) is 0 Å². The molecule has 1 atom stereocenters. The fourth-order valence-corrected chi connectivity index (χ4v) is 2.48. The van der Waals surface area contributed by atoms with E-state index in [9.17, 15) is 0 Å². The van der Waals surface area contributed by atoms with Gasteiger partial charge in [-0.25, -0.2) is 0 Å². The van der Waals surface area contributed by atoms with E-state index in [0.717, 1.165) is 12.0 Å². The Labute approximate surface area is 106 Å². The Bertz CT molecular complexity index is 341. The molecule has 0 bridgehead atoms. The van der Waals surface area contributed by atoms with Crippen molar-refractivity contribution < 1.29 is 0 Å². The molecular formula is C16H25N. The van der Waals surface area contributed by atoms with Gasteiger partial charge in [-0.15, -0.1) is 0 Å². The van der Waals surface area contributed by atoms with Gasteiger partial charge in [0.25, 0.3) is 0 Å². The third kappa shape index (κ3) is 4.51. The Kier molecular flexibility index (Phi) is 4.61. The van der Waals surface area contributed by atoms with Gasteiger partial charge in [0.1, 0.15) is 0 Å². The lowest BCUT2D eigenvalue weighted by Crippen LogP contribution is -2.26. The second kappa shape index (κ2) is 6.20. The van der Waals surface area contributed by atoms with Crippen molar-refractivity contribution in [3.63, 3.8) is 0 Å². The zero-order valence-corrected chi connectivity index (χ0v) is 11.2. The van der Waals surface area contributed by atoms with Gasteiger partial charge in [-0.1, -0.05) is 43.2 Å². The molecule has 94 valence electrons. The third-order valence-corrected chi connectivity index (χ3v) is 3.58. The van der Waals surface area contributed by atoms with E-state index in [1.165, 1.54) is 49.8 Å². The minimum absolute atomic E-state index is 0.808. The quantitative estimate of drug-likeness (QED) is 0.754. The first-order chi connectivity index (χ1) is 8.28. The Morgan fingerprint density at radius 3 is 2.82 bits per heavy atom. The Morgan fingerprint density at radius 1 is 1.35 bits per heavy atom. The number of rotatable bonds is 7. The first kappa shape index (κ1) is 12.6. The van der Waals surface area contributed by atoms with E-state index in [0.29, 0.717) is 0 Å². The van der Waals surface area contributed by atoms with E-state index in [2.05, 4.69) is 43.4 Å². The number of nitrogens with one attached hydrogen (secondary N) is 1. The number of hydrogen-bond acceptors (Lipinski definition) is 1. The standard InChI is InChI=1S/C16H25N/c1-3-5-15(12-17-16-8-9-16)11-14-7-4-6-13(2)10-14/h4,6-7,10,15-17H,3,5,8-9,11-12H2,1-2H3. The summed E-state index contributed by atoms with van der Waals surface area (Å²) in [6.45, 7) is 5.67. The summed E-state index contributed by atoms with van der Waals surface area (Å²) in [5.74, 6) is 0.808. The van der Waals surface area contributed by atoms with E-state index in [-0.39, 0.29) is 0 Å². The molecule has 1 aromatic carbocycles. The molecule has 0 saturated heterocycles. The van der Waals surface area contributed by atoms with Gasteiger partial charge in [-0.2, -0.15) is 0 Å². The Balaban J connectivity index is 1.86. The molecule has 0 amide bonds. The molecule has 0 radical (unpaired) electrons. The van der Waals surface area contributed by atoms with Gasteiger partial charge < -0.3 is 5.32 Å². The fourth-order valence-electron chi connectivity index (χ4n) is 2.48. The van der Waals surface area contributed by atoms with Gasteiger partial charge in [-0.3, -0.25) is 0 Å². The molecule has 1 aliphatic rings. The van der Waals surface area contributed by atoms with Crippen LogP contribution >= 0.6 is 0 Å². The van der Waals surface area contributed by atoms with Crippen molar-refractivity contribution in [1.29, 1.82) is 0 Å². The molecule has 0 heterocycles. The predicted molar refractivity (Wildman–Crippen MR) is 74.3 cm³/mol. The van der Waals surface area contributed by atoms with Crippen LogP contribution in [0.3, 0.4) is 0 Å². The summed E-state index contributed by atoms with van der Waals surface area (Å²) < 4.78 is 0. The van der Waals surface area contributed by atoms with Gasteiger partial charge in [0, 0.05) is 6.04 Å². The molecule has 1 aliphatic carbocycles. The summed E-state index contributed by atoms with van der Waals surface area (Å²) in [6, 6.07) is 9.81. The van der Waals surface area contributed by atoms with Crippen LogP contribution in [0.1, 0.15) is 43.7 Å². The van der Waals surface area contributed by atoms with Crippen LogP contribution < -0.4 is 5.32 Å². The minimum Gasteiger partial charge on any atom is -0.314 e. The van der Waals surface area contributed by atoms with Crippen LogP contribution in [0.25, 0.3) is 0 Å². The van der Waals surface area contributed by atoms with E-state index in [1.807, 2.05) is 0 Å². The maximum atomic E-state index is 3.68. The summed E-state index contributed by atoms with van der Waals surface area (Å²) >= 11 is 0. The van der Waals surface area contributed by atoms with Crippen molar-refractivity contribution in [1.82, 2.24) is 5.32 Å². The average Bonchev–Trinajstić information content (AvgIpc) is 3.10. The highest BCUT2D eigenvalue weighted by Gasteiger charge is 2.21. The van der Waals surface area contributed by atoms with Gasteiger partial charge >= 0.3 is 0 Å². The van der Waals surface area contributed by atoms with Gasteiger partial charge in [0.15, 0.2) is 0 Å². The Morgan fingerprint density at radius 2 is 2.18 bits per heavy atom. The van der Waals surface area contributed by atoms with Crippen molar-refractivity contribution in [2.45, 2.75) is 52.0 Å². The van der Waals surface area contributed by atoms with Crippen LogP contribution in [-0.2, 0) is 6.42 Å². The molecular weight excluding hydrogens is 206 g/mol. The normalized spacial score (nSPS) is 17.1. The van der Waals surface area contributed by atoms with Crippen molar-refractivity contribution in [2.24, 2.45) is 5.92 Å².